The van der Waals surface area contributed by atoms with E-state index in [9.17, 15) is 14.4 Å². The normalized spacial score (nSPS) is 19.4. The average Bonchev–Trinajstić information content (AvgIpc) is 2.64. The minimum atomic E-state index is -0.530. The van der Waals surface area contributed by atoms with Crippen LogP contribution in [-0.4, -0.2) is 54.7 Å². The minimum Gasteiger partial charge on any atom is -0.455 e. The van der Waals surface area contributed by atoms with Gasteiger partial charge in [0, 0.05) is 19.6 Å². The summed E-state index contributed by atoms with van der Waals surface area (Å²) in [6.07, 6.45) is 6.79. The van der Waals surface area contributed by atoms with Crippen LogP contribution in [0.15, 0.2) is 0 Å². The number of nitrogens with zero attached hydrogens (tertiary/aromatic N) is 1. The number of rotatable bonds is 5. The van der Waals surface area contributed by atoms with Crippen molar-refractivity contribution in [3.05, 3.63) is 0 Å². The number of hydrogen-bond donors (Lipinski definition) is 1. The van der Waals surface area contributed by atoms with Gasteiger partial charge in [0.25, 0.3) is 5.91 Å². The van der Waals surface area contributed by atoms with E-state index in [0.29, 0.717) is 38.4 Å². The van der Waals surface area contributed by atoms with Crippen molar-refractivity contribution in [3.8, 4) is 0 Å². The van der Waals surface area contributed by atoms with E-state index in [0.717, 1.165) is 12.8 Å². The summed E-state index contributed by atoms with van der Waals surface area (Å²) < 4.78 is 10.5. The number of amides is 2. The Morgan fingerprint density at radius 1 is 1.00 bits per heavy atom. The molecule has 1 N–H and O–H groups in total. The molecular weight excluding hydrogens is 348 g/mol. The molecule has 1 heterocycles. The summed E-state index contributed by atoms with van der Waals surface area (Å²) >= 11 is 0. The summed E-state index contributed by atoms with van der Waals surface area (Å²) in [4.78, 5) is 37.7. The third kappa shape index (κ3) is 7.77. The van der Waals surface area contributed by atoms with Gasteiger partial charge in [-0.05, 0) is 52.4 Å². The van der Waals surface area contributed by atoms with E-state index in [1.54, 1.807) is 4.90 Å². The molecule has 1 saturated heterocycles. The second-order valence-electron chi connectivity index (χ2n) is 8.66. The molecule has 0 unspecified atom stereocenters. The first-order valence-corrected chi connectivity index (χ1v) is 10.2. The lowest BCUT2D eigenvalue weighted by Crippen LogP contribution is -2.43. The highest BCUT2D eigenvalue weighted by molar-refractivity contribution is 5.81. The Morgan fingerprint density at radius 3 is 2.22 bits per heavy atom. The van der Waals surface area contributed by atoms with E-state index in [2.05, 4.69) is 5.32 Å². The number of carbonyl (C=O) groups is 3. The lowest BCUT2D eigenvalue weighted by molar-refractivity contribution is -0.154. The van der Waals surface area contributed by atoms with Crippen LogP contribution in [0.2, 0.25) is 0 Å². The van der Waals surface area contributed by atoms with Crippen LogP contribution < -0.4 is 5.32 Å². The smallest absolute Gasteiger partial charge is 0.410 e. The van der Waals surface area contributed by atoms with Crippen molar-refractivity contribution >= 4 is 18.0 Å². The molecule has 1 saturated carbocycles. The van der Waals surface area contributed by atoms with E-state index < -0.39 is 5.60 Å². The highest BCUT2D eigenvalue weighted by Gasteiger charge is 2.31. The molecule has 0 aromatic rings. The number of piperidine rings is 1. The minimum absolute atomic E-state index is 0.224. The van der Waals surface area contributed by atoms with Gasteiger partial charge in [-0.1, -0.05) is 19.3 Å². The molecule has 1 aliphatic carbocycles. The van der Waals surface area contributed by atoms with Crippen molar-refractivity contribution in [2.75, 3.05) is 26.2 Å². The number of carbonyl (C=O) groups excluding carboxylic acids is 3. The predicted molar refractivity (Wildman–Crippen MR) is 101 cm³/mol. The lowest BCUT2D eigenvalue weighted by Gasteiger charge is -2.32. The first kappa shape index (κ1) is 21.5. The van der Waals surface area contributed by atoms with Crippen molar-refractivity contribution in [2.45, 2.75) is 71.3 Å². The Balaban J connectivity index is 1.62. The fraction of sp³-hybridized carbons (Fsp3) is 0.850. The average molecular weight is 383 g/mol. The van der Waals surface area contributed by atoms with Crippen LogP contribution in [-0.2, 0) is 19.1 Å². The predicted octanol–water partition coefficient (Wildman–Crippen LogP) is 2.87. The molecule has 7 nitrogen and oxygen atoms in total. The monoisotopic (exact) mass is 382 g/mol. The number of nitrogens with one attached hydrogen (secondary N) is 1. The van der Waals surface area contributed by atoms with Gasteiger partial charge < -0.3 is 19.7 Å². The Morgan fingerprint density at radius 2 is 1.63 bits per heavy atom. The molecule has 0 aromatic carbocycles. The maximum atomic E-state index is 12.2. The zero-order valence-electron chi connectivity index (χ0n) is 16.9. The van der Waals surface area contributed by atoms with Gasteiger partial charge in [0.1, 0.15) is 5.60 Å². The molecule has 0 aromatic heterocycles. The van der Waals surface area contributed by atoms with Crippen LogP contribution in [0.4, 0.5) is 4.79 Å². The van der Waals surface area contributed by atoms with Gasteiger partial charge in [0.15, 0.2) is 6.61 Å². The van der Waals surface area contributed by atoms with Crippen LogP contribution in [0.3, 0.4) is 0 Å². The van der Waals surface area contributed by atoms with Crippen LogP contribution in [0.25, 0.3) is 0 Å². The number of hydrogen-bond acceptors (Lipinski definition) is 5. The highest BCUT2D eigenvalue weighted by atomic mass is 16.6. The van der Waals surface area contributed by atoms with Crippen LogP contribution in [0.1, 0.15) is 65.7 Å². The quantitative estimate of drug-likeness (QED) is 0.739. The van der Waals surface area contributed by atoms with Crippen LogP contribution in [0, 0.1) is 11.8 Å². The molecule has 1 aliphatic heterocycles. The zero-order valence-corrected chi connectivity index (χ0v) is 16.9. The molecule has 2 fully saturated rings. The molecule has 7 heteroatoms. The Bertz CT molecular complexity index is 515. The zero-order chi connectivity index (χ0) is 19.9. The summed E-state index contributed by atoms with van der Waals surface area (Å²) in [7, 11) is 0. The van der Waals surface area contributed by atoms with E-state index in [4.69, 9.17) is 9.47 Å². The number of likely N-dealkylation sites (tertiary alicyclic amines) is 1. The van der Waals surface area contributed by atoms with Crippen molar-refractivity contribution in [2.24, 2.45) is 11.8 Å². The van der Waals surface area contributed by atoms with Crippen molar-refractivity contribution in [1.29, 1.82) is 0 Å². The molecule has 0 spiro atoms. The first-order chi connectivity index (χ1) is 12.7. The molecule has 0 bridgehead atoms. The Kier molecular flexibility index (Phi) is 7.92. The van der Waals surface area contributed by atoms with E-state index in [1.807, 2.05) is 20.8 Å². The second-order valence-corrected chi connectivity index (χ2v) is 8.66. The molecular formula is C20H34N2O5. The van der Waals surface area contributed by atoms with Gasteiger partial charge in [-0.2, -0.15) is 0 Å². The topological polar surface area (TPSA) is 84.9 Å². The molecule has 0 radical (unpaired) electrons. The van der Waals surface area contributed by atoms with Gasteiger partial charge in [-0.3, -0.25) is 9.59 Å². The van der Waals surface area contributed by atoms with E-state index >= 15 is 0 Å². The molecule has 2 rings (SSSR count). The lowest BCUT2D eigenvalue weighted by atomic mass is 9.89. The summed E-state index contributed by atoms with van der Waals surface area (Å²) in [5, 5.41) is 2.87. The Hall–Kier alpha value is -1.79. The van der Waals surface area contributed by atoms with Gasteiger partial charge in [0.05, 0.1) is 5.92 Å². The fourth-order valence-corrected chi connectivity index (χ4v) is 3.58. The Labute approximate surface area is 162 Å². The van der Waals surface area contributed by atoms with Crippen LogP contribution in [0.5, 0.6) is 0 Å². The third-order valence-electron chi connectivity index (χ3n) is 5.14. The number of ether oxygens (including phenoxy) is 2. The van der Waals surface area contributed by atoms with Gasteiger partial charge in [-0.25, -0.2) is 4.79 Å². The summed E-state index contributed by atoms with van der Waals surface area (Å²) in [6.45, 7) is 6.85. The standard InChI is InChI=1S/C20H34N2O5/c1-20(2,3)27-19(25)22-11-9-16(10-12-22)18(24)26-14-17(23)21-13-15-7-5-4-6-8-15/h15-16H,4-14H2,1-3H3,(H,21,23). The second kappa shape index (κ2) is 9.95. The summed E-state index contributed by atoms with van der Waals surface area (Å²) in [6, 6.07) is 0. The van der Waals surface area contributed by atoms with Crippen LogP contribution >= 0.6 is 0 Å². The first-order valence-electron chi connectivity index (χ1n) is 10.2. The highest BCUT2D eigenvalue weighted by Crippen LogP contribution is 2.23. The van der Waals surface area contributed by atoms with Crippen molar-refractivity contribution in [3.63, 3.8) is 0 Å². The molecule has 2 aliphatic rings. The summed E-state index contributed by atoms with van der Waals surface area (Å²) in [5.74, 6) is -0.308. The molecule has 27 heavy (non-hydrogen) atoms. The third-order valence-corrected chi connectivity index (χ3v) is 5.14. The van der Waals surface area contributed by atoms with Gasteiger partial charge in [0.2, 0.25) is 0 Å². The maximum absolute atomic E-state index is 12.2. The fourth-order valence-electron chi connectivity index (χ4n) is 3.58. The largest absolute Gasteiger partial charge is 0.455 e. The molecule has 0 atom stereocenters. The van der Waals surface area contributed by atoms with E-state index in [1.165, 1.54) is 19.3 Å². The van der Waals surface area contributed by atoms with Gasteiger partial charge >= 0.3 is 12.1 Å². The number of esters is 1. The van der Waals surface area contributed by atoms with Gasteiger partial charge in [-0.15, -0.1) is 0 Å². The van der Waals surface area contributed by atoms with E-state index in [-0.39, 0.29) is 30.5 Å². The summed E-state index contributed by atoms with van der Waals surface area (Å²) in [5.41, 5.74) is -0.530. The van der Waals surface area contributed by atoms with Crippen molar-refractivity contribution < 1.29 is 23.9 Å². The maximum Gasteiger partial charge on any atom is 0.410 e. The van der Waals surface area contributed by atoms with Crippen molar-refractivity contribution in [1.82, 2.24) is 10.2 Å². The molecule has 154 valence electrons. The molecule has 2 amide bonds. The SMILES string of the molecule is CC(C)(C)OC(=O)N1CCC(C(=O)OCC(=O)NCC2CCCCC2)CC1.